The Kier molecular flexibility index (Phi) is 3.13. The fourth-order valence-corrected chi connectivity index (χ4v) is 2.78. The van der Waals surface area contributed by atoms with Crippen molar-refractivity contribution in [1.29, 1.82) is 0 Å². The van der Waals surface area contributed by atoms with Gasteiger partial charge in [-0.05, 0) is 12.1 Å². The molecule has 2 aromatic heterocycles. The number of rotatable bonds is 4. The molecule has 4 nitrogen and oxygen atoms in total. The Bertz CT molecular complexity index is 655. The number of hydrogen-bond acceptors (Lipinski definition) is 4. The zero-order valence-electron chi connectivity index (χ0n) is 11.0. The molecular weight excluding hydrogens is 256 g/mol. The van der Waals surface area contributed by atoms with Gasteiger partial charge in [-0.2, -0.15) is 0 Å². The predicted octanol–water partition coefficient (Wildman–Crippen LogP) is 3.07. The zero-order valence-corrected chi connectivity index (χ0v) is 11.8. The number of thiazole rings is 1. The lowest BCUT2D eigenvalue weighted by molar-refractivity contribution is 1.06. The molecule has 2 heterocycles. The second kappa shape index (κ2) is 4.93. The van der Waals surface area contributed by atoms with Crippen LogP contribution in [0.15, 0.2) is 42.0 Å². The van der Waals surface area contributed by atoms with Gasteiger partial charge in [-0.25, -0.2) is 4.98 Å². The van der Waals surface area contributed by atoms with E-state index in [4.69, 9.17) is 0 Å². The molecule has 0 unspecified atom stereocenters. The van der Waals surface area contributed by atoms with Gasteiger partial charge in [-0.15, -0.1) is 11.3 Å². The predicted molar refractivity (Wildman–Crippen MR) is 81.2 cm³/mol. The van der Waals surface area contributed by atoms with Crippen LogP contribution in [0, 0.1) is 0 Å². The van der Waals surface area contributed by atoms with Gasteiger partial charge in [0.2, 0.25) is 0 Å². The fourth-order valence-electron chi connectivity index (χ4n) is 2.06. The Labute approximate surface area is 116 Å². The molecule has 19 heavy (non-hydrogen) atoms. The Hall–Kier alpha value is -2.01. The Morgan fingerprint density at radius 2 is 2.16 bits per heavy atom. The van der Waals surface area contributed by atoms with Gasteiger partial charge in [0, 0.05) is 31.9 Å². The highest BCUT2D eigenvalue weighted by molar-refractivity contribution is 7.15. The molecule has 0 aliphatic heterocycles. The Morgan fingerprint density at radius 1 is 1.32 bits per heavy atom. The van der Waals surface area contributed by atoms with Gasteiger partial charge in [0.15, 0.2) is 4.96 Å². The van der Waals surface area contributed by atoms with Crippen LogP contribution in [0.2, 0.25) is 0 Å². The normalized spacial score (nSPS) is 10.8. The summed E-state index contributed by atoms with van der Waals surface area (Å²) in [5, 5.41) is 5.49. The van der Waals surface area contributed by atoms with Crippen molar-refractivity contribution >= 4 is 27.7 Å². The third-order valence-corrected chi connectivity index (χ3v) is 3.76. The van der Waals surface area contributed by atoms with E-state index < -0.39 is 0 Å². The van der Waals surface area contributed by atoms with Gasteiger partial charge in [0.05, 0.1) is 23.6 Å². The van der Waals surface area contributed by atoms with Crippen LogP contribution in [0.1, 0.15) is 5.69 Å². The van der Waals surface area contributed by atoms with Gasteiger partial charge in [0.1, 0.15) is 0 Å². The first-order valence-electron chi connectivity index (χ1n) is 6.15. The molecule has 0 aliphatic rings. The first kappa shape index (κ1) is 12.0. The van der Waals surface area contributed by atoms with Crippen LogP contribution in [0.3, 0.4) is 0 Å². The minimum Gasteiger partial charge on any atom is -0.378 e. The van der Waals surface area contributed by atoms with Crippen molar-refractivity contribution in [3.63, 3.8) is 0 Å². The number of hydrogen-bond donors (Lipinski definition) is 1. The molecule has 3 rings (SSSR count). The monoisotopic (exact) mass is 272 g/mol. The number of imidazole rings is 1. The van der Waals surface area contributed by atoms with E-state index >= 15 is 0 Å². The lowest BCUT2D eigenvalue weighted by Crippen LogP contribution is -2.12. The summed E-state index contributed by atoms with van der Waals surface area (Å²) in [5.41, 5.74) is 3.37. The molecule has 0 saturated carbocycles. The van der Waals surface area contributed by atoms with E-state index in [1.54, 1.807) is 11.3 Å². The molecule has 1 aromatic carbocycles. The van der Waals surface area contributed by atoms with E-state index in [1.807, 2.05) is 37.8 Å². The first-order valence-corrected chi connectivity index (χ1v) is 7.03. The van der Waals surface area contributed by atoms with E-state index in [1.165, 1.54) is 5.69 Å². The van der Waals surface area contributed by atoms with Crippen molar-refractivity contribution in [1.82, 2.24) is 9.38 Å². The Morgan fingerprint density at radius 3 is 2.95 bits per heavy atom. The first-order chi connectivity index (χ1) is 9.24. The summed E-state index contributed by atoms with van der Waals surface area (Å²) in [6.45, 7) is 0.735. The van der Waals surface area contributed by atoms with Gasteiger partial charge < -0.3 is 10.2 Å². The number of nitrogens with zero attached hydrogens (tertiary/aromatic N) is 3. The molecule has 0 spiro atoms. The standard InChI is InChI=1S/C14H16N4S/c1-17(2)13-6-4-3-5-12(13)15-9-11-10-18-7-8-19-14(18)16-11/h3-8,10,15H,9H2,1-2H3. The van der Waals surface area contributed by atoms with Gasteiger partial charge in [-0.1, -0.05) is 12.1 Å². The molecule has 98 valence electrons. The second-order valence-corrected chi connectivity index (χ2v) is 5.46. The van der Waals surface area contributed by atoms with Crippen LogP contribution in [-0.4, -0.2) is 23.5 Å². The van der Waals surface area contributed by atoms with E-state index in [9.17, 15) is 0 Å². The molecule has 0 aliphatic carbocycles. The molecule has 3 aromatic rings. The average molecular weight is 272 g/mol. The smallest absolute Gasteiger partial charge is 0.193 e. The molecule has 0 bridgehead atoms. The summed E-state index contributed by atoms with van der Waals surface area (Å²) in [6.07, 6.45) is 4.10. The summed E-state index contributed by atoms with van der Waals surface area (Å²) in [5.74, 6) is 0. The van der Waals surface area contributed by atoms with Gasteiger partial charge in [-0.3, -0.25) is 4.40 Å². The lowest BCUT2D eigenvalue weighted by atomic mass is 10.2. The molecule has 5 heteroatoms. The number of para-hydroxylation sites is 2. The lowest BCUT2D eigenvalue weighted by Gasteiger charge is -2.17. The van der Waals surface area contributed by atoms with Gasteiger partial charge in [0.25, 0.3) is 0 Å². The molecule has 1 N–H and O–H groups in total. The maximum absolute atomic E-state index is 4.57. The van der Waals surface area contributed by atoms with Crippen LogP contribution >= 0.6 is 11.3 Å². The maximum Gasteiger partial charge on any atom is 0.193 e. The topological polar surface area (TPSA) is 32.6 Å². The summed E-state index contributed by atoms with van der Waals surface area (Å²) in [6, 6.07) is 8.29. The highest BCUT2D eigenvalue weighted by Crippen LogP contribution is 2.24. The molecular formula is C14H16N4S. The largest absolute Gasteiger partial charge is 0.378 e. The van der Waals surface area contributed by atoms with Crippen LogP contribution in [0.25, 0.3) is 4.96 Å². The minimum absolute atomic E-state index is 0.735. The molecule has 0 fully saturated rings. The number of aromatic nitrogens is 2. The van der Waals surface area contributed by atoms with Crippen molar-refractivity contribution in [2.45, 2.75) is 6.54 Å². The second-order valence-electron chi connectivity index (χ2n) is 4.59. The zero-order chi connectivity index (χ0) is 13.2. The Balaban J connectivity index is 1.77. The maximum atomic E-state index is 4.57. The summed E-state index contributed by atoms with van der Waals surface area (Å²) < 4.78 is 2.06. The summed E-state index contributed by atoms with van der Waals surface area (Å²) >= 11 is 1.65. The van der Waals surface area contributed by atoms with E-state index in [2.05, 4.69) is 37.9 Å². The van der Waals surface area contributed by atoms with E-state index in [0.29, 0.717) is 0 Å². The van der Waals surface area contributed by atoms with Gasteiger partial charge >= 0.3 is 0 Å². The van der Waals surface area contributed by atoms with Crippen LogP contribution < -0.4 is 10.2 Å². The fraction of sp³-hybridized carbons (Fsp3) is 0.214. The highest BCUT2D eigenvalue weighted by atomic mass is 32.1. The van der Waals surface area contributed by atoms with Crippen molar-refractivity contribution in [3.05, 3.63) is 47.7 Å². The summed E-state index contributed by atoms with van der Waals surface area (Å²) in [4.78, 5) is 7.71. The van der Waals surface area contributed by atoms with Crippen molar-refractivity contribution in [2.75, 3.05) is 24.3 Å². The number of nitrogens with one attached hydrogen (secondary N) is 1. The quantitative estimate of drug-likeness (QED) is 0.792. The van der Waals surface area contributed by atoms with Crippen molar-refractivity contribution in [2.24, 2.45) is 0 Å². The van der Waals surface area contributed by atoms with E-state index in [0.717, 1.165) is 22.9 Å². The molecule has 0 amide bonds. The highest BCUT2D eigenvalue weighted by Gasteiger charge is 2.05. The SMILES string of the molecule is CN(C)c1ccccc1NCc1cn2ccsc2n1. The average Bonchev–Trinajstić information content (AvgIpc) is 2.97. The minimum atomic E-state index is 0.735. The third kappa shape index (κ3) is 2.42. The van der Waals surface area contributed by atoms with Crippen molar-refractivity contribution < 1.29 is 0 Å². The van der Waals surface area contributed by atoms with Crippen molar-refractivity contribution in [3.8, 4) is 0 Å². The molecule has 0 atom stereocenters. The van der Waals surface area contributed by atoms with Crippen LogP contribution in [0.4, 0.5) is 11.4 Å². The van der Waals surface area contributed by atoms with Crippen LogP contribution in [0.5, 0.6) is 0 Å². The molecule has 0 saturated heterocycles. The number of anilines is 2. The van der Waals surface area contributed by atoms with E-state index in [-0.39, 0.29) is 0 Å². The third-order valence-electron chi connectivity index (χ3n) is 2.99. The summed E-state index contributed by atoms with van der Waals surface area (Å²) in [7, 11) is 4.10. The number of benzene rings is 1. The van der Waals surface area contributed by atoms with Crippen LogP contribution in [-0.2, 0) is 6.54 Å². The molecule has 0 radical (unpaired) electrons. The number of fused-ring (bicyclic) bond motifs is 1.